The van der Waals surface area contributed by atoms with Crippen molar-refractivity contribution in [3.05, 3.63) is 58.9 Å². The molecule has 20 heavy (non-hydrogen) atoms. The zero-order chi connectivity index (χ0) is 14.5. The number of nitrogens with two attached hydrogens (primary N) is 1. The molecule has 0 spiro atoms. The van der Waals surface area contributed by atoms with Gasteiger partial charge in [-0.3, -0.25) is 0 Å². The van der Waals surface area contributed by atoms with Gasteiger partial charge in [-0.25, -0.2) is 4.39 Å². The van der Waals surface area contributed by atoms with E-state index in [1.165, 1.54) is 12.1 Å². The average molecular weight is 270 g/mol. The predicted molar refractivity (Wildman–Crippen MR) is 75.7 cm³/mol. The first-order valence-corrected chi connectivity index (χ1v) is 6.33. The number of anilines is 1. The zero-order valence-corrected chi connectivity index (χ0v) is 11.2. The van der Waals surface area contributed by atoms with Crippen LogP contribution in [0, 0.1) is 17.1 Å². The van der Waals surface area contributed by atoms with E-state index >= 15 is 0 Å². The Morgan fingerprint density at radius 1 is 1.20 bits per heavy atom. The summed E-state index contributed by atoms with van der Waals surface area (Å²) in [7, 11) is 0. The molecule has 2 N–H and O–H groups in total. The van der Waals surface area contributed by atoms with Gasteiger partial charge in [0.15, 0.2) is 0 Å². The molecule has 0 bridgehead atoms. The quantitative estimate of drug-likeness (QED) is 0.866. The van der Waals surface area contributed by atoms with Crippen molar-refractivity contribution >= 4 is 5.69 Å². The van der Waals surface area contributed by atoms with E-state index < -0.39 is 5.82 Å². The third-order valence-electron chi connectivity index (χ3n) is 3.03. The van der Waals surface area contributed by atoms with Crippen LogP contribution in [0.15, 0.2) is 36.4 Å². The van der Waals surface area contributed by atoms with Crippen molar-refractivity contribution in [2.75, 3.05) is 5.73 Å². The molecule has 2 rings (SSSR count). The topological polar surface area (TPSA) is 59.0 Å². The van der Waals surface area contributed by atoms with Gasteiger partial charge in [-0.15, -0.1) is 0 Å². The second-order valence-electron chi connectivity index (χ2n) is 4.44. The van der Waals surface area contributed by atoms with Crippen LogP contribution in [0.25, 0.3) is 0 Å². The average Bonchev–Trinajstić information content (AvgIpc) is 2.47. The third-order valence-corrected chi connectivity index (χ3v) is 3.03. The number of nitriles is 1. The molecule has 4 heteroatoms. The summed E-state index contributed by atoms with van der Waals surface area (Å²) in [5.41, 5.74) is 8.36. The third kappa shape index (κ3) is 3.07. The highest BCUT2D eigenvalue weighted by Crippen LogP contribution is 2.24. The van der Waals surface area contributed by atoms with Gasteiger partial charge in [-0.2, -0.15) is 5.26 Å². The van der Waals surface area contributed by atoms with Gasteiger partial charge in [0, 0.05) is 0 Å². The van der Waals surface area contributed by atoms with Gasteiger partial charge in [-0.05, 0) is 41.8 Å². The Kier molecular flexibility index (Phi) is 4.21. The van der Waals surface area contributed by atoms with Crippen LogP contribution in [-0.2, 0) is 13.0 Å². The lowest BCUT2D eigenvalue weighted by Crippen LogP contribution is -2.00. The fourth-order valence-electron chi connectivity index (χ4n) is 1.86. The van der Waals surface area contributed by atoms with Gasteiger partial charge in [0.2, 0.25) is 0 Å². The van der Waals surface area contributed by atoms with Gasteiger partial charge >= 0.3 is 0 Å². The van der Waals surface area contributed by atoms with Crippen molar-refractivity contribution in [2.24, 2.45) is 0 Å². The Hall–Kier alpha value is -2.54. The van der Waals surface area contributed by atoms with E-state index in [0.29, 0.717) is 11.4 Å². The van der Waals surface area contributed by atoms with E-state index in [1.807, 2.05) is 18.2 Å². The van der Waals surface area contributed by atoms with Crippen LogP contribution in [0.4, 0.5) is 10.1 Å². The summed E-state index contributed by atoms with van der Waals surface area (Å²) in [5.74, 6) is 0.0631. The maximum Gasteiger partial charge on any atom is 0.142 e. The Bertz CT molecular complexity index is 662. The number of benzene rings is 2. The van der Waals surface area contributed by atoms with Crippen LogP contribution in [0.5, 0.6) is 5.75 Å². The maximum absolute atomic E-state index is 13.2. The van der Waals surface area contributed by atoms with Crippen molar-refractivity contribution in [3.8, 4) is 11.8 Å². The first-order chi connectivity index (χ1) is 9.63. The number of ether oxygens (including phenoxy) is 1. The Balaban J connectivity index is 2.11. The zero-order valence-electron chi connectivity index (χ0n) is 11.2. The molecule has 0 aromatic heterocycles. The number of nitrogens with zero attached hydrogens (tertiary/aromatic N) is 1. The number of hydrogen-bond donors (Lipinski definition) is 1. The number of aryl methyl sites for hydroxylation is 1. The summed E-state index contributed by atoms with van der Waals surface area (Å²) in [5, 5.41) is 8.78. The molecule has 3 nitrogen and oxygen atoms in total. The second-order valence-corrected chi connectivity index (χ2v) is 4.44. The lowest BCUT2D eigenvalue weighted by molar-refractivity contribution is 0.307. The smallest absolute Gasteiger partial charge is 0.142 e. The number of halogens is 1. The molecular weight excluding hydrogens is 255 g/mol. The van der Waals surface area contributed by atoms with Crippen molar-refractivity contribution in [1.29, 1.82) is 5.26 Å². The van der Waals surface area contributed by atoms with Crippen LogP contribution < -0.4 is 10.5 Å². The number of rotatable bonds is 4. The normalized spacial score (nSPS) is 10.1. The minimum Gasteiger partial charge on any atom is -0.487 e. The second kappa shape index (κ2) is 6.07. The summed E-state index contributed by atoms with van der Waals surface area (Å²) in [6, 6.07) is 11.8. The largest absolute Gasteiger partial charge is 0.487 e. The van der Waals surface area contributed by atoms with Crippen molar-refractivity contribution in [2.45, 2.75) is 20.0 Å². The molecule has 2 aromatic carbocycles. The van der Waals surface area contributed by atoms with Crippen molar-refractivity contribution in [1.82, 2.24) is 0 Å². The lowest BCUT2D eigenvalue weighted by atomic mass is 10.1. The van der Waals surface area contributed by atoms with Gasteiger partial charge in [0.25, 0.3) is 0 Å². The van der Waals surface area contributed by atoms with E-state index in [2.05, 4.69) is 6.92 Å². The number of hydrogen-bond acceptors (Lipinski definition) is 3. The van der Waals surface area contributed by atoms with Crippen LogP contribution in [0.1, 0.15) is 23.6 Å². The summed E-state index contributed by atoms with van der Waals surface area (Å²) in [4.78, 5) is 0. The standard InChI is InChI=1S/C16H15FN2O/c1-2-11-4-6-16(15(19)8-11)20-10-12-3-5-14(17)13(7-12)9-18/h3-8H,2,10,19H2,1H3. The molecular formula is C16H15FN2O. The molecule has 0 heterocycles. The summed E-state index contributed by atoms with van der Waals surface area (Å²) < 4.78 is 18.8. The molecule has 2 aromatic rings. The SMILES string of the molecule is CCc1ccc(OCc2ccc(F)c(C#N)c2)c(N)c1. The van der Waals surface area contributed by atoms with Gasteiger partial charge in [-0.1, -0.05) is 19.1 Å². The van der Waals surface area contributed by atoms with E-state index in [1.54, 1.807) is 12.1 Å². The molecule has 0 saturated heterocycles. The molecule has 102 valence electrons. The predicted octanol–water partition coefficient (Wildman–Crippen LogP) is 3.42. The molecule has 0 aliphatic heterocycles. The molecule has 0 saturated carbocycles. The van der Waals surface area contributed by atoms with E-state index in [4.69, 9.17) is 15.7 Å². The lowest BCUT2D eigenvalue weighted by Gasteiger charge is -2.10. The fourth-order valence-corrected chi connectivity index (χ4v) is 1.86. The minimum absolute atomic E-state index is 0.0143. The molecule has 0 aliphatic rings. The molecule has 0 amide bonds. The first kappa shape index (κ1) is 13.9. The highest BCUT2D eigenvalue weighted by Gasteiger charge is 2.05. The molecule has 0 atom stereocenters. The number of nitrogen functional groups attached to an aromatic ring is 1. The van der Waals surface area contributed by atoms with Gasteiger partial charge < -0.3 is 10.5 Å². The van der Waals surface area contributed by atoms with Crippen LogP contribution >= 0.6 is 0 Å². The Morgan fingerprint density at radius 3 is 2.60 bits per heavy atom. The fraction of sp³-hybridized carbons (Fsp3) is 0.188. The Morgan fingerprint density at radius 2 is 1.95 bits per heavy atom. The summed E-state index contributed by atoms with van der Waals surface area (Å²) in [6.45, 7) is 2.29. The summed E-state index contributed by atoms with van der Waals surface area (Å²) in [6.07, 6.45) is 0.911. The van der Waals surface area contributed by atoms with Crippen LogP contribution in [0.2, 0.25) is 0 Å². The van der Waals surface area contributed by atoms with E-state index in [0.717, 1.165) is 17.5 Å². The van der Waals surface area contributed by atoms with Crippen LogP contribution in [0.3, 0.4) is 0 Å². The van der Waals surface area contributed by atoms with E-state index in [-0.39, 0.29) is 12.2 Å². The molecule has 0 radical (unpaired) electrons. The molecule has 0 unspecified atom stereocenters. The van der Waals surface area contributed by atoms with E-state index in [9.17, 15) is 4.39 Å². The monoisotopic (exact) mass is 270 g/mol. The minimum atomic E-state index is -0.525. The Labute approximate surface area is 117 Å². The van der Waals surface area contributed by atoms with Gasteiger partial charge in [0.05, 0.1) is 11.3 Å². The highest BCUT2D eigenvalue weighted by atomic mass is 19.1. The van der Waals surface area contributed by atoms with Crippen molar-refractivity contribution < 1.29 is 9.13 Å². The molecule has 0 fully saturated rings. The van der Waals surface area contributed by atoms with Crippen LogP contribution in [-0.4, -0.2) is 0 Å². The molecule has 0 aliphatic carbocycles. The highest BCUT2D eigenvalue weighted by molar-refractivity contribution is 5.54. The maximum atomic E-state index is 13.2. The summed E-state index contributed by atoms with van der Waals surface area (Å²) >= 11 is 0. The van der Waals surface area contributed by atoms with Crippen molar-refractivity contribution in [3.63, 3.8) is 0 Å². The first-order valence-electron chi connectivity index (χ1n) is 6.33. The van der Waals surface area contributed by atoms with Gasteiger partial charge in [0.1, 0.15) is 24.2 Å².